The molecule has 0 radical (unpaired) electrons. The molecule has 0 aliphatic rings. The summed E-state index contributed by atoms with van der Waals surface area (Å²) in [5.41, 5.74) is 0.841. The van der Waals surface area contributed by atoms with Crippen LogP contribution in [-0.4, -0.2) is 38.1 Å². The lowest BCUT2D eigenvalue weighted by Gasteiger charge is -2.13. The minimum absolute atomic E-state index is 0.183. The van der Waals surface area contributed by atoms with E-state index in [4.69, 9.17) is 9.47 Å². The van der Waals surface area contributed by atoms with Crippen LogP contribution in [0.3, 0.4) is 0 Å². The topological polar surface area (TPSA) is 76.7 Å². The zero-order valence-corrected chi connectivity index (χ0v) is 16.5. The molecule has 0 aromatic heterocycles. The highest BCUT2D eigenvalue weighted by molar-refractivity contribution is 5.95. The molecule has 2 amide bonds. The lowest BCUT2D eigenvalue weighted by Crippen LogP contribution is -2.44. The molecule has 2 aromatic rings. The molecular weight excluding hydrogens is 375 g/mol. The van der Waals surface area contributed by atoms with Crippen molar-refractivity contribution in [3.8, 4) is 11.5 Å². The van der Waals surface area contributed by atoms with Gasteiger partial charge in [0, 0.05) is 12.6 Å². The summed E-state index contributed by atoms with van der Waals surface area (Å²) >= 11 is 0. The van der Waals surface area contributed by atoms with E-state index in [-0.39, 0.29) is 24.2 Å². The van der Waals surface area contributed by atoms with Crippen LogP contribution in [0, 0.1) is 5.82 Å². The predicted octanol–water partition coefficient (Wildman–Crippen LogP) is 2.94. The van der Waals surface area contributed by atoms with Crippen molar-refractivity contribution in [1.29, 1.82) is 0 Å². The lowest BCUT2D eigenvalue weighted by molar-refractivity contribution is -0.126. The van der Waals surface area contributed by atoms with Crippen LogP contribution in [0.1, 0.15) is 18.9 Å². The summed E-state index contributed by atoms with van der Waals surface area (Å²) in [7, 11) is 1.58. The fraction of sp³-hybridized carbons (Fsp3) is 0.273. The third-order valence-corrected chi connectivity index (χ3v) is 4.01. The van der Waals surface area contributed by atoms with Crippen molar-refractivity contribution in [1.82, 2.24) is 10.6 Å². The van der Waals surface area contributed by atoms with E-state index in [2.05, 4.69) is 10.6 Å². The Morgan fingerprint density at radius 2 is 1.86 bits per heavy atom. The number of hydrogen-bond acceptors (Lipinski definition) is 4. The molecule has 0 aliphatic heterocycles. The zero-order valence-electron chi connectivity index (χ0n) is 16.5. The molecule has 29 heavy (non-hydrogen) atoms. The molecule has 2 N–H and O–H groups in total. The van der Waals surface area contributed by atoms with Crippen LogP contribution >= 0.6 is 0 Å². The molecule has 154 valence electrons. The number of carbonyl (C=O) groups excluding carboxylic acids is 2. The van der Waals surface area contributed by atoms with E-state index in [9.17, 15) is 14.0 Å². The Morgan fingerprint density at radius 3 is 2.55 bits per heavy atom. The summed E-state index contributed by atoms with van der Waals surface area (Å²) in [5, 5.41) is 5.31. The predicted molar refractivity (Wildman–Crippen MR) is 109 cm³/mol. The van der Waals surface area contributed by atoms with Gasteiger partial charge in [-0.25, -0.2) is 4.39 Å². The largest absolute Gasteiger partial charge is 0.497 e. The normalized spacial score (nSPS) is 11.7. The fourth-order valence-corrected chi connectivity index (χ4v) is 2.39. The van der Waals surface area contributed by atoms with Crippen molar-refractivity contribution >= 4 is 17.9 Å². The van der Waals surface area contributed by atoms with Gasteiger partial charge in [-0.3, -0.25) is 9.59 Å². The molecule has 0 aliphatic carbocycles. The van der Waals surface area contributed by atoms with Crippen LogP contribution in [-0.2, 0) is 9.59 Å². The molecule has 0 saturated heterocycles. The smallest absolute Gasteiger partial charge is 0.244 e. The number of rotatable bonds is 10. The van der Waals surface area contributed by atoms with Gasteiger partial charge < -0.3 is 20.1 Å². The monoisotopic (exact) mass is 400 g/mol. The molecule has 1 unspecified atom stereocenters. The van der Waals surface area contributed by atoms with Crippen molar-refractivity contribution < 1.29 is 23.5 Å². The van der Waals surface area contributed by atoms with Crippen molar-refractivity contribution in [3.63, 3.8) is 0 Å². The summed E-state index contributed by atoms with van der Waals surface area (Å²) in [6.07, 6.45) is 3.53. The highest BCUT2D eigenvalue weighted by Crippen LogP contribution is 2.15. The van der Waals surface area contributed by atoms with Gasteiger partial charge in [0.1, 0.15) is 11.8 Å². The highest BCUT2D eigenvalue weighted by Gasteiger charge is 2.13. The van der Waals surface area contributed by atoms with Crippen LogP contribution in [0.25, 0.3) is 6.08 Å². The molecule has 0 fully saturated rings. The maximum Gasteiger partial charge on any atom is 0.244 e. The minimum Gasteiger partial charge on any atom is -0.497 e. The lowest BCUT2D eigenvalue weighted by atomic mass is 10.2. The maximum absolute atomic E-state index is 13.4. The second-order valence-electron chi connectivity index (χ2n) is 6.26. The Morgan fingerprint density at radius 1 is 1.14 bits per heavy atom. The van der Waals surface area contributed by atoms with Gasteiger partial charge in [-0.15, -0.1) is 0 Å². The molecule has 0 bridgehead atoms. The van der Waals surface area contributed by atoms with Crippen molar-refractivity contribution in [2.24, 2.45) is 0 Å². The summed E-state index contributed by atoms with van der Waals surface area (Å²) < 4.78 is 23.8. The van der Waals surface area contributed by atoms with E-state index < -0.39 is 11.9 Å². The first-order valence-corrected chi connectivity index (χ1v) is 9.27. The first-order valence-electron chi connectivity index (χ1n) is 9.27. The average Bonchev–Trinajstić information content (AvgIpc) is 2.73. The summed E-state index contributed by atoms with van der Waals surface area (Å²) in [6.45, 7) is 2.23. The van der Waals surface area contributed by atoms with Crippen LogP contribution in [0.2, 0.25) is 0 Å². The summed E-state index contributed by atoms with van der Waals surface area (Å²) in [5.74, 6) is -0.177. The van der Waals surface area contributed by atoms with E-state index in [1.54, 1.807) is 50.4 Å². The molecule has 0 spiro atoms. The molecule has 0 saturated carbocycles. The maximum atomic E-state index is 13.4. The van der Waals surface area contributed by atoms with Gasteiger partial charge in [0.05, 0.1) is 13.7 Å². The molecular formula is C22H25FN2O4. The van der Waals surface area contributed by atoms with Crippen molar-refractivity contribution in [2.75, 3.05) is 20.3 Å². The third-order valence-electron chi connectivity index (χ3n) is 4.01. The van der Waals surface area contributed by atoms with E-state index in [0.717, 1.165) is 11.3 Å². The third kappa shape index (κ3) is 7.65. The van der Waals surface area contributed by atoms with Gasteiger partial charge in [-0.2, -0.15) is 0 Å². The van der Waals surface area contributed by atoms with Gasteiger partial charge in [-0.05, 0) is 49.2 Å². The second kappa shape index (κ2) is 11.5. The fourth-order valence-electron chi connectivity index (χ4n) is 2.39. The number of methoxy groups -OCH3 is 1. The quantitative estimate of drug-likeness (QED) is 0.475. The van der Waals surface area contributed by atoms with Gasteiger partial charge >= 0.3 is 0 Å². The van der Waals surface area contributed by atoms with Crippen molar-refractivity contribution in [2.45, 2.75) is 19.4 Å². The number of nitrogens with one attached hydrogen (secondary N) is 2. The Hall–Kier alpha value is -3.35. The van der Waals surface area contributed by atoms with E-state index >= 15 is 0 Å². The van der Waals surface area contributed by atoms with Crippen molar-refractivity contribution in [3.05, 3.63) is 66.0 Å². The Labute approximate surface area is 169 Å². The van der Waals surface area contributed by atoms with Gasteiger partial charge in [0.2, 0.25) is 11.8 Å². The number of amides is 2. The average molecular weight is 400 g/mol. The van der Waals surface area contributed by atoms with E-state index in [0.29, 0.717) is 13.0 Å². The Bertz CT molecular complexity index is 837. The number of halogens is 1. The van der Waals surface area contributed by atoms with Crippen LogP contribution < -0.4 is 20.1 Å². The van der Waals surface area contributed by atoms with E-state index in [1.807, 2.05) is 12.1 Å². The Kier molecular flexibility index (Phi) is 8.69. The first-order chi connectivity index (χ1) is 14.0. The van der Waals surface area contributed by atoms with Crippen LogP contribution in [0.5, 0.6) is 11.5 Å². The van der Waals surface area contributed by atoms with Crippen LogP contribution in [0.4, 0.5) is 4.39 Å². The first kappa shape index (κ1) is 21.9. The molecule has 2 rings (SSSR count). The standard InChI is InChI=1S/C22H25FN2O4/c1-16(25-21(26)13-10-17-8-11-18(28-2)12-9-17)22(27)24-14-5-15-29-20-7-4-3-6-19(20)23/h3-4,6-13,16H,5,14-15H2,1-2H3,(H,24,27)(H,25,26)/b13-10+. The SMILES string of the molecule is COc1ccc(/C=C/C(=O)NC(C)C(=O)NCCCOc2ccccc2F)cc1. The second-order valence-corrected chi connectivity index (χ2v) is 6.26. The highest BCUT2D eigenvalue weighted by atomic mass is 19.1. The molecule has 6 nitrogen and oxygen atoms in total. The number of ether oxygens (including phenoxy) is 2. The minimum atomic E-state index is -0.685. The van der Waals surface area contributed by atoms with E-state index in [1.165, 1.54) is 12.1 Å². The molecule has 7 heteroatoms. The number of hydrogen-bond donors (Lipinski definition) is 2. The zero-order chi connectivity index (χ0) is 21.1. The molecule has 2 aromatic carbocycles. The summed E-state index contributed by atoms with van der Waals surface area (Å²) in [6, 6.07) is 12.7. The molecule has 1 atom stereocenters. The van der Waals surface area contributed by atoms with Gasteiger partial charge in [0.15, 0.2) is 11.6 Å². The summed E-state index contributed by atoms with van der Waals surface area (Å²) in [4.78, 5) is 24.0. The van der Waals surface area contributed by atoms with Gasteiger partial charge in [-0.1, -0.05) is 24.3 Å². The number of para-hydroxylation sites is 1. The number of benzene rings is 2. The van der Waals surface area contributed by atoms with Gasteiger partial charge in [0.25, 0.3) is 0 Å². The molecule has 0 heterocycles. The Balaban J connectivity index is 1.66. The number of carbonyl (C=O) groups is 2. The van der Waals surface area contributed by atoms with Crippen LogP contribution in [0.15, 0.2) is 54.6 Å².